The van der Waals surface area contributed by atoms with Gasteiger partial charge in [0.1, 0.15) is 27.2 Å². The first-order chi connectivity index (χ1) is 15.8. The fourth-order valence-corrected chi connectivity index (χ4v) is 5.41. The smallest absolute Gasteiger partial charge is 0.348 e. The molecule has 1 aromatic carbocycles. The zero-order chi connectivity index (χ0) is 23.7. The number of nitrogens with one attached hydrogen (secondary N) is 1. The molecule has 3 heterocycles. The molecule has 33 heavy (non-hydrogen) atoms. The lowest BCUT2D eigenvalue weighted by Gasteiger charge is -2.34. The number of anilines is 2. The molecule has 1 fully saturated rings. The second-order valence-corrected chi connectivity index (χ2v) is 9.36. The molecule has 0 spiro atoms. The molecule has 0 saturated carbocycles. The second-order valence-electron chi connectivity index (χ2n) is 8.36. The van der Waals surface area contributed by atoms with Crippen LogP contribution in [0, 0.1) is 19.7 Å². The van der Waals surface area contributed by atoms with E-state index in [-0.39, 0.29) is 23.9 Å². The summed E-state index contributed by atoms with van der Waals surface area (Å²) in [7, 11) is 0. The van der Waals surface area contributed by atoms with Crippen molar-refractivity contribution >= 4 is 39.0 Å². The molecule has 1 saturated heterocycles. The molecule has 1 aliphatic heterocycles. The number of rotatable bonds is 6. The summed E-state index contributed by atoms with van der Waals surface area (Å²) in [5.74, 6) is 0.519. The molecule has 7 nitrogen and oxygen atoms in total. The Hall–Kier alpha value is -2.78. The van der Waals surface area contributed by atoms with Gasteiger partial charge in [0.2, 0.25) is 0 Å². The van der Waals surface area contributed by atoms with Gasteiger partial charge in [0.05, 0.1) is 24.1 Å². The number of nitrogens with zero attached hydrogens (tertiary/aromatic N) is 3. The lowest BCUT2D eigenvalue weighted by atomic mass is 10.0. The maximum Gasteiger partial charge on any atom is 0.348 e. The third-order valence-electron chi connectivity index (χ3n) is 5.98. The van der Waals surface area contributed by atoms with Crippen molar-refractivity contribution in [3.8, 4) is 0 Å². The summed E-state index contributed by atoms with van der Waals surface area (Å²) in [6.07, 6.45) is 1.10. The van der Waals surface area contributed by atoms with Crippen LogP contribution in [-0.2, 0) is 4.74 Å². The zero-order valence-corrected chi connectivity index (χ0v) is 20.1. The topological polar surface area (TPSA) is 87.6 Å². The molecular formula is C24H29FN4O3S. The second kappa shape index (κ2) is 9.61. The Morgan fingerprint density at radius 1 is 1.33 bits per heavy atom. The highest BCUT2D eigenvalue weighted by molar-refractivity contribution is 7.20. The minimum atomic E-state index is -0.366. The van der Waals surface area contributed by atoms with Crippen molar-refractivity contribution in [3.63, 3.8) is 0 Å². The molecule has 2 N–H and O–H groups in total. The maximum atomic E-state index is 14.3. The number of thiophene rings is 1. The van der Waals surface area contributed by atoms with Gasteiger partial charge in [-0.05, 0) is 64.3 Å². The maximum absolute atomic E-state index is 14.3. The van der Waals surface area contributed by atoms with Crippen molar-refractivity contribution in [2.75, 3.05) is 29.9 Å². The van der Waals surface area contributed by atoms with Crippen LogP contribution in [0.25, 0.3) is 10.2 Å². The average molecular weight is 473 g/mol. The number of hydrogen-bond acceptors (Lipinski definition) is 8. The van der Waals surface area contributed by atoms with Gasteiger partial charge < -0.3 is 20.1 Å². The Balaban J connectivity index is 1.70. The van der Waals surface area contributed by atoms with E-state index < -0.39 is 0 Å². The predicted octanol–water partition coefficient (Wildman–Crippen LogP) is 4.76. The summed E-state index contributed by atoms with van der Waals surface area (Å²) >= 11 is 1.29. The summed E-state index contributed by atoms with van der Waals surface area (Å²) in [5.41, 5.74) is 2.53. The summed E-state index contributed by atoms with van der Waals surface area (Å²) in [6.45, 7) is 9.15. The van der Waals surface area contributed by atoms with Gasteiger partial charge in [0.15, 0.2) is 0 Å². The highest BCUT2D eigenvalue weighted by Gasteiger charge is 2.24. The first kappa shape index (κ1) is 23.4. The molecule has 9 heteroatoms. The molecular weight excluding hydrogens is 443 g/mol. The van der Waals surface area contributed by atoms with E-state index in [0.717, 1.165) is 35.3 Å². The van der Waals surface area contributed by atoms with Crippen LogP contribution in [0.3, 0.4) is 0 Å². The molecule has 0 radical (unpaired) electrons. The third kappa shape index (κ3) is 4.79. The lowest BCUT2D eigenvalue weighted by molar-refractivity contribution is 0.0531. The van der Waals surface area contributed by atoms with Gasteiger partial charge in [0.25, 0.3) is 0 Å². The third-order valence-corrected chi connectivity index (χ3v) is 7.14. The first-order valence-corrected chi connectivity index (χ1v) is 12.0. The van der Waals surface area contributed by atoms with Gasteiger partial charge in [-0.25, -0.2) is 19.2 Å². The summed E-state index contributed by atoms with van der Waals surface area (Å²) in [4.78, 5) is 25.0. The highest BCUT2D eigenvalue weighted by Crippen LogP contribution is 2.37. The number of aliphatic hydroxyl groups is 1. The molecule has 1 aliphatic rings. The summed E-state index contributed by atoms with van der Waals surface area (Å²) in [6, 6.07) is 4.56. The van der Waals surface area contributed by atoms with Crippen molar-refractivity contribution in [2.45, 2.75) is 52.7 Å². The minimum Gasteiger partial charge on any atom is -0.462 e. The van der Waals surface area contributed by atoms with E-state index in [4.69, 9.17) is 4.74 Å². The Labute approximate surface area is 196 Å². The van der Waals surface area contributed by atoms with Crippen LogP contribution in [-0.4, -0.2) is 46.8 Å². The van der Waals surface area contributed by atoms with Gasteiger partial charge in [-0.1, -0.05) is 0 Å². The molecule has 3 aromatic rings. The normalized spacial score (nSPS) is 15.6. The number of benzene rings is 1. The number of carbonyl (C=O) groups excluding carboxylic acids is 1. The number of esters is 1. The quantitative estimate of drug-likeness (QED) is 0.500. The standard InChI is InChI=1S/C24H29FN4O3S/c1-5-32-24(31)21-13(2)20-22(27-15(4)28-23(20)33-21)26-14(3)18-12-16(25)6-7-19(18)29-10-8-17(30)9-11-29/h6-7,12,14,17,30H,5,8-11H2,1-4H3,(H,26,27,28). The largest absolute Gasteiger partial charge is 0.462 e. The Morgan fingerprint density at radius 2 is 2.06 bits per heavy atom. The van der Waals surface area contributed by atoms with E-state index in [1.165, 1.54) is 17.4 Å². The van der Waals surface area contributed by atoms with Crippen LogP contribution in [0.5, 0.6) is 0 Å². The number of ether oxygens (including phenoxy) is 1. The van der Waals surface area contributed by atoms with Crippen LogP contribution >= 0.6 is 11.3 Å². The average Bonchev–Trinajstić information content (AvgIpc) is 3.11. The molecule has 0 bridgehead atoms. The van der Waals surface area contributed by atoms with Crippen molar-refractivity contribution in [2.24, 2.45) is 0 Å². The molecule has 0 aliphatic carbocycles. The van der Waals surface area contributed by atoms with E-state index in [0.29, 0.717) is 40.8 Å². The van der Waals surface area contributed by atoms with E-state index in [1.807, 2.05) is 13.8 Å². The summed E-state index contributed by atoms with van der Waals surface area (Å²) < 4.78 is 19.5. The molecule has 1 unspecified atom stereocenters. The van der Waals surface area contributed by atoms with Crippen LogP contribution in [0.15, 0.2) is 18.2 Å². The fraction of sp³-hybridized carbons (Fsp3) is 0.458. The monoisotopic (exact) mass is 472 g/mol. The number of aliphatic hydroxyl groups excluding tert-OH is 1. The molecule has 0 amide bonds. The van der Waals surface area contributed by atoms with Crippen LogP contribution in [0.4, 0.5) is 15.9 Å². The van der Waals surface area contributed by atoms with Crippen molar-refractivity contribution in [1.29, 1.82) is 0 Å². The van der Waals surface area contributed by atoms with Gasteiger partial charge in [-0.15, -0.1) is 11.3 Å². The molecule has 1 atom stereocenters. The predicted molar refractivity (Wildman–Crippen MR) is 129 cm³/mol. The highest BCUT2D eigenvalue weighted by atomic mass is 32.1. The number of fused-ring (bicyclic) bond motifs is 1. The fourth-order valence-electron chi connectivity index (χ4n) is 4.29. The van der Waals surface area contributed by atoms with Crippen LogP contribution in [0.2, 0.25) is 0 Å². The van der Waals surface area contributed by atoms with Crippen LogP contribution in [0.1, 0.15) is 59.4 Å². The zero-order valence-electron chi connectivity index (χ0n) is 19.3. The molecule has 176 valence electrons. The summed E-state index contributed by atoms with van der Waals surface area (Å²) in [5, 5.41) is 14.1. The number of aromatic nitrogens is 2. The van der Waals surface area contributed by atoms with E-state index in [9.17, 15) is 14.3 Å². The van der Waals surface area contributed by atoms with Gasteiger partial charge in [-0.3, -0.25) is 0 Å². The number of piperidine rings is 1. The van der Waals surface area contributed by atoms with Gasteiger partial charge >= 0.3 is 5.97 Å². The minimum absolute atomic E-state index is 0.259. The van der Waals surface area contributed by atoms with E-state index in [2.05, 4.69) is 20.2 Å². The Bertz CT molecular complexity index is 1170. The number of hydrogen-bond donors (Lipinski definition) is 2. The SMILES string of the molecule is CCOC(=O)c1sc2nc(C)nc(NC(C)c3cc(F)ccc3N3CCC(O)CC3)c2c1C. The number of carbonyl (C=O) groups is 1. The van der Waals surface area contributed by atoms with Crippen LogP contribution < -0.4 is 10.2 Å². The van der Waals surface area contributed by atoms with E-state index in [1.54, 1.807) is 26.0 Å². The van der Waals surface area contributed by atoms with Gasteiger partial charge in [-0.2, -0.15) is 0 Å². The van der Waals surface area contributed by atoms with Crippen molar-refractivity contribution in [1.82, 2.24) is 9.97 Å². The van der Waals surface area contributed by atoms with Crippen molar-refractivity contribution < 1.29 is 19.0 Å². The first-order valence-electron chi connectivity index (χ1n) is 11.2. The van der Waals surface area contributed by atoms with E-state index >= 15 is 0 Å². The molecule has 4 rings (SSSR count). The lowest BCUT2D eigenvalue weighted by Crippen LogP contribution is -2.36. The van der Waals surface area contributed by atoms with Crippen molar-refractivity contribution in [3.05, 3.63) is 45.8 Å². The Kier molecular flexibility index (Phi) is 6.81. The number of aryl methyl sites for hydroxylation is 2. The van der Waals surface area contributed by atoms with Gasteiger partial charge in [0, 0.05) is 24.3 Å². The molecule has 2 aromatic heterocycles. The number of halogens is 1. The Morgan fingerprint density at radius 3 is 2.76 bits per heavy atom.